The highest BCUT2D eigenvalue weighted by molar-refractivity contribution is 8.00. The van der Waals surface area contributed by atoms with Crippen molar-refractivity contribution in [2.24, 2.45) is 0 Å². The third kappa shape index (κ3) is 2.67. The second-order valence-corrected chi connectivity index (χ2v) is 13.3. The average molecular weight is 544 g/mol. The van der Waals surface area contributed by atoms with Crippen molar-refractivity contribution >= 4 is 37.2 Å². The number of rotatable bonds is 1. The van der Waals surface area contributed by atoms with Crippen molar-refractivity contribution < 1.29 is 4.21 Å². The Hall–Kier alpha value is -4.86. The van der Waals surface area contributed by atoms with E-state index in [1.54, 1.807) is 0 Å². The van der Waals surface area contributed by atoms with Crippen molar-refractivity contribution in [2.45, 2.75) is 15.2 Å². The van der Waals surface area contributed by atoms with E-state index < -0.39 is 14.9 Å². The van der Waals surface area contributed by atoms with E-state index in [1.807, 2.05) is 12.1 Å². The first kappa shape index (κ1) is 22.9. The van der Waals surface area contributed by atoms with Crippen LogP contribution in [0.15, 0.2) is 149 Å². The van der Waals surface area contributed by atoms with Crippen molar-refractivity contribution in [3.8, 4) is 16.8 Å². The maximum Gasteiger partial charge on any atom is 0.0743 e. The summed E-state index contributed by atoms with van der Waals surface area (Å²) >= 11 is 0. The van der Waals surface area contributed by atoms with Gasteiger partial charge in [-0.2, -0.15) is 0 Å². The summed E-state index contributed by atoms with van der Waals surface area (Å²) in [6.45, 7) is 0. The molecule has 2 heterocycles. The van der Waals surface area contributed by atoms with Gasteiger partial charge in [0.25, 0.3) is 0 Å². The van der Waals surface area contributed by atoms with Crippen LogP contribution in [0, 0.1) is 0 Å². The van der Waals surface area contributed by atoms with E-state index in [1.165, 1.54) is 22.3 Å². The molecule has 1 aliphatic heterocycles. The summed E-state index contributed by atoms with van der Waals surface area (Å²) in [7, 11) is -2.79. The third-order valence-corrected chi connectivity index (χ3v) is 11.3. The summed E-state index contributed by atoms with van der Waals surface area (Å²) in [5.74, 6) is 4.45. The van der Waals surface area contributed by atoms with Crippen LogP contribution in [-0.2, 0) is 14.9 Å². The molecule has 0 bridgehead atoms. The van der Waals surface area contributed by atoms with E-state index in [4.69, 9.17) is 0 Å². The molecule has 7 aromatic rings. The Morgan fingerprint density at radius 2 is 1.12 bits per heavy atom. The van der Waals surface area contributed by atoms with Gasteiger partial charge in [0.1, 0.15) is 0 Å². The molecule has 1 aromatic heterocycles. The Kier molecular flexibility index (Phi) is 4.40. The van der Waals surface area contributed by atoms with Gasteiger partial charge in [-0.15, -0.1) is 0 Å². The van der Waals surface area contributed by atoms with Gasteiger partial charge in [-0.3, -0.25) is 4.21 Å². The molecule has 9 rings (SSSR count). The molecular weight excluding hydrogens is 518 g/mol. The number of nitrogens with zero attached hydrogens (tertiary/aromatic N) is 1. The van der Waals surface area contributed by atoms with Crippen LogP contribution < -0.4 is 0 Å². The van der Waals surface area contributed by atoms with Crippen molar-refractivity contribution in [3.05, 3.63) is 162 Å². The maximum atomic E-state index is 15.0. The molecule has 0 amide bonds. The Morgan fingerprint density at radius 1 is 0.537 bits per heavy atom. The Morgan fingerprint density at radius 3 is 1.85 bits per heavy atom. The molecule has 0 radical (unpaired) electrons. The van der Waals surface area contributed by atoms with Gasteiger partial charge in [-0.1, -0.05) is 103 Å². The van der Waals surface area contributed by atoms with Gasteiger partial charge in [-0.05, 0) is 75.6 Å². The maximum absolute atomic E-state index is 15.0. The number of benzene rings is 6. The zero-order valence-electron chi connectivity index (χ0n) is 22.2. The normalized spacial score (nSPS) is 17.8. The van der Waals surface area contributed by atoms with Crippen molar-refractivity contribution in [1.82, 2.24) is 4.57 Å². The van der Waals surface area contributed by atoms with E-state index in [0.29, 0.717) is 0 Å². The average Bonchev–Trinajstić information content (AvgIpc) is 3.52. The van der Waals surface area contributed by atoms with Crippen LogP contribution in [0.2, 0.25) is 0 Å². The van der Waals surface area contributed by atoms with Crippen molar-refractivity contribution in [1.29, 1.82) is 0 Å². The largest absolute Gasteiger partial charge is 0.309 e. The van der Waals surface area contributed by atoms with E-state index in [2.05, 4.69) is 138 Å². The molecule has 0 saturated heterocycles. The van der Waals surface area contributed by atoms with Gasteiger partial charge < -0.3 is 4.57 Å². The molecule has 1 atom stereocenters. The lowest BCUT2D eigenvalue weighted by Crippen LogP contribution is -2.36. The number of fused-ring (bicyclic) bond motifs is 13. The number of aromatic nitrogens is 1. The monoisotopic (exact) mass is 543 g/mol. The summed E-state index contributed by atoms with van der Waals surface area (Å²) in [6, 6.07) is 49.2. The van der Waals surface area contributed by atoms with Gasteiger partial charge in [0.05, 0.1) is 16.4 Å². The highest BCUT2D eigenvalue weighted by Gasteiger charge is 2.53. The van der Waals surface area contributed by atoms with Crippen molar-refractivity contribution in [2.75, 3.05) is 0 Å². The lowest BCUT2D eigenvalue weighted by molar-refractivity contribution is 0.660. The minimum Gasteiger partial charge on any atom is -0.309 e. The van der Waals surface area contributed by atoms with Crippen LogP contribution in [0.5, 0.6) is 0 Å². The van der Waals surface area contributed by atoms with Gasteiger partial charge in [0.2, 0.25) is 0 Å². The molecule has 2 nitrogen and oxygen atoms in total. The molecule has 6 aromatic carbocycles. The lowest BCUT2D eigenvalue weighted by atomic mass is 9.66. The molecule has 194 valence electrons. The topological polar surface area (TPSA) is 22.0 Å². The van der Waals surface area contributed by atoms with E-state index in [0.717, 1.165) is 48.4 Å². The van der Waals surface area contributed by atoms with Crippen LogP contribution >= 0.6 is 0 Å². The van der Waals surface area contributed by atoms with E-state index in [9.17, 15) is 4.21 Å². The molecule has 1 spiro atoms. The Balaban J connectivity index is 1.59. The summed E-state index contributed by atoms with van der Waals surface area (Å²) in [5, 5.41) is 2.29. The zero-order chi connectivity index (χ0) is 27.3. The molecule has 2 aliphatic rings. The second kappa shape index (κ2) is 7.87. The van der Waals surface area contributed by atoms with Crippen LogP contribution in [0.4, 0.5) is 0 Å². The fourth-order valence-corrected chi connectivity index (χ4v) is 9.64. The number of hydrogen-bond donors (Lipinski definition) is 0. The van der Waals surface area contributed by atoms with E-state index in [-0.39, 0.29) is 0 Å². The molecule has 0 N–H and O–H groups in total. The van der Waals surface area contributed by atoms with Crippen LogP contribution in [0.3, 0.4) is 0 Å². The predicted molar refractivity (Wildman–Crippen MR) is 170 cm³/mol. The SMILES string of the molecule is C=S1(=O)c2ccccc2C2(c3ccccc3-c3ccccc32)c2c1ccc1c2c2ccccc2n1-c1ccccc1. The molecule has 1 unspecified atom stereocenters. The first-order chi connectivity index (χ1) is 20.1. The summed E-state index contributed by atoms with van der Waals surface area (Å²) < 4.78 is 17.3. The summed E-state index contributed by atoms with van der Waals surface area (Å²) in [4.78, 5) is 1.65. The molecule has 41 heavy (non-hydrogen) atoms. The molecule has 0 saturated carbocycles. The standard InChI is InChI=1S/C38H25NOS/c1-41(40)34-22-12-10-20-31(34)38(29-18-8-5-15-26(29)27-16-6-9-19-30(27)38)37-35(41)24-23-33-36(37)28-17-7-11-21-32(28)39(33)25-13-3-2-4-14-25/h2-24H,1H2. The van der Waals surface area contributed by atoms with E-state index >= 15 is 0 Å². The van der Waals surface area contributed by atoms with Gasteiger partial charge in [-0.25, -0.2) is 0 Å². The quantitative estimate of drug-likeness (QED) is 0.190. The first-order valence-electron chi connectivity index (χ1n) is 13.9. The second-order valence-electron chi connectivity index (χ2n) is 11.0. The number of hydrogen-bond acceptors (Lipinski definition) is 1. The fraction of sp³-hybridized carbons (Fsp3) is 0.0263. The van der Waals surface area contributed by atoms with Gasteiger partial charge in [0.15, 0.2) is 0 Å². The molecule has 3 heteroatoms. The van der Waals surface area contributed by atoms with Crippen LogP contribution in [0.25, 0.3) is 38.6 Å². The first-order valence-corrected chi connectivity index (χ1v) is 15.6. The third-order valence-electron chi connectivity index (χ3n) is 9.14. The minimum absolute atomic E-state index is 0.636. The minimum atomic E-state index is -2.79. The van der Waals surface area contributed by atoms with Crippen molar-refractivity contribution in [3.63, 3.8) is 0 Å². The Labute approximate surface area is 239 Å². The fourth-order valence-electron chi connectivity index (χ4n) is 7.66. The zero-order valence-corrected chi connectivity index (χ0v) is 23.1. The molecule has 0 fully saturated rings. The van der Waals surface area contributed by atoms with Crippen LogP contribution in [-0.4, -0.2) is 14.6 Å². The lowest BCUT2D eigenvalue weighted by Gasteiger charge is -2.41. The van der Waals surface area contributed by atoms with Gasteiger partial charge in [0, 0.05) is 35.8 Å². The Bertz CT molecular complexity index is 2280. The highest BCUT2D eigenvalue weighted by Crippen LogP contribution is 2.62. The van der Waals surface area contributed by atoms with Gasteiger partial charge >= 0.3 is 0 Å². The highest BCUT2D eigenvalue weighted by atomic mass is 32.2. The number of para-hydroxylation sites is 2. The molecular formula is C38H25NOS. The summed E-state index contributed by atoms with van der Waals surface area (Å²) in [6.07, 6.45) is 0. The predicted octanol–water partition coefficient (Wildman–Crippen LogP) is 8.59. The smallest absolute Gasteiger partial charge is 0.0743 e. The van der Waals surface area contributed by atoms with Crippen LogP contribution in [0.1, 0.15) is 22.3 Å². The molecule has 1 aliphatic carbocycles. The summed E-state index contributed by atoms with van der Waals surface area (Å²) in [5.41, 5.74) is 9.77.